The van der Waals surface area contributed by atoms with Crippen molar-refractivity contribution in [3.05, 3.63) is 29.8 Å². The Bertz CT molecular complexity index is 369. The second-order valence-corrected chi connectivity index (χ2v) is 5.96. The molecule has 0 atom stereocenters. The number of nitrogens with one attached hydrogen (secondary N) is 1. The van der Waals surface area contributed by atoms with Gasteiger partial charge in [0.25, 0.3) is 0 Å². The normalized spacial score (nSPS) is 16.9. The molecule has 0 spiro atoms. The Morgan fingerprint density at radius 2 is 1.80 bits per heavy atom. The zero-order valence-electron chi connectivity index (χ0n) is 12.9. The smallest absolute Gasteiger partial charge is 0.122 e. The van der Waals surface area contributed by atoms with Gasteiger partial charge in [-0.2, -0.15) is 0 Å². The average molecular weight is 275 g/mol. The van der Waals surface area contributed by atoms with E-state index in [1.165, 1.54) is 50.5 Å². The second kappa shape index (κ2) is 9.02. The number of aryl methyl sites for hydroxylation is 1. The molecular formula is C18H29NO. The highest BCUT2D eigenvalue weighted by molar-refractivity contribution is 5.31. The lowest BCUT2D eigenvalue weighted by atomic mass is 10.1. The Morgan fingerprint density at radius 3 is 2.55 bits per heavy atom. The van der Waals surface area contributed by atoms with E-state index in [2.05, 4.69) is 30.4 Å². The number of hydrogen-bond acceptors (Lipinski definition) is 2. The van der Waals surface area contributed by atoms with Crippen molar-refractivity contribution < 1.29 is 4.74 Å². The molecule has 0 aliphatic heterocycles. The van der Waals surface area contributed by atoms with Gasteiger partial charge in [-0.3, -0.25) is 0 Å². The topological polar surface area (TPSA) is 21.3 Å². The van der Waals surface area contributed by atoms with Crippen LogP contribution in [0.4, 0.5) is 0 Å². The fourth-order valence-electron chi connectivity index (χ4n) is 2.92. The van der Waals surface area contributed by atoms with Crippen LogP contribution in [-0.4, -0.2) is 19.2 Å². The fourth-order valence-corrected chi connectivity index (χ4v) is 2.92. The summed E-state index contributed by atoms with van der Waals surface area (Å²) < 4.78 is 5.82. The lowest BCUT2D eigenvalue weighted by molar-refractivity contribution is 0.301. The molecule has 0 saturated heterocycles. The van der Waals surface area contributed by atoms with Gasteiger partial charge in [-0.15, -0.1) is 0 Å². The minimum Gasteiger partial charge on any atom is -0.493 e. The van der Waals surface area contributed by atoms with Crippen molar-refractivity contribution in [2.45, 2.75) is 64.3 Å². The molecule has 0 radical (unpaired) electrons. The summed E-state index contributed by atoms with van der Waals surface area (Å²) in [7, 11) is 0. The van der Waals surface area contributed by atoms with Crippen molar-refractivity contribution in [2.24, 2.45) is 0 Å². The third-order valence-electron chi connectivity index (χ3n) is 4.21. The lowest BCUT2D eigenvalue weighted by Crippen LogP contribution is -2.29. The maximum Gasteiger partial charge on any atom is 0.122 e. The first-order valence-electron chi connectivity index (χ1n) is 8.28. The average Bonchev–Trinajstić information content (AvgIpc) is 2.73. The third-order valence-corrected chi connectivity index (χ3v) is 4.21. The van der Waals surface area contributed by atoms with Gasteiger partial charge in [0.05, 0.1) is 6.61 Å². The molecule has 0 unspecified atom stereocenters. The van der Waals surface area contributed by atoms with Gasteiger partial charge in [-0.05, 0) is 50.8 Å². The molecule has 1 saturated carbocycles. The molecule has 1 aliphatic carbocycles. The Labute approximate surface area is 123 Å². The molecule has 1 aromatic rings. The van der Waals surface area contributed by atoms with E-state index in [4.69, 9.17) is 4.74 Å². The van der Waals surface area contributed by atoms with E-state index in [1.807, 2.05) is 6.07 Å². The molecule has 20 heavy (non-hydrogen) atoms. The number of ether oxygens (including phenoxy) is 1. The first-order chi connectivity index (χ1) is 9.86. The van der Waals surface area contributed by atoms with Crippen molar-refractivity contribution in [3.8, 4) is 5.75 Å². The van der Waals surface area contributed by atoms with Gasteiger partial charge in [0.2, 0.25) is 0 Å². The molecule has 0 amide bonds. The van der Waals surface area contributed by atoms with Gasteiger partial charge in [0, 0.05) is 6.04 Å². The summed E-state index contributed by atoms with van der Waals surface area (Å²) in [6.45, 7) is 4.07. The van der Waals surface area contributed by atoms with Gasteiger partial charge in [-0.1, -0.05) is 43.9 Å². The first kappa shape index (κ1) is 15.4. The molecule has 2 rings (SSSR count). The predicted octanol–water partition coefficient (Wildman–Crippen LogP) is 4.47. The highest BCUT2D eigenvalue weighted by Gasteiger charge is 2.10. The maximum absolute atomic E-state index is 5.82. The minimum atomic E-state index is 0.773. The van der Waals surface area contributed by atoms with Crippen molar-refractivity contribution in [2.75, 3.05) is 13.2 Å². The Hall–Kier alpha value is -1.02. The molecule has 2 heteroatoms. The molecule has 0 heterocycles. The number of para-hydroxylation sites is 1. The predicted molar refractivity (Wildman–Crippen MR) is 85.4 cm³/mol. The number of rotatable bonds is 7. The molecule has 0 aromatic heterocycles. The number of hydrogen-bond donors (Lipinski definition) is 1. The minimum absolute atomic E-state index is 0.773. The van der Waals surface area contributed by atoms with Crippen molar-refractivity contribution in [1.82, 2.24) is 5.32 Å². The van der Waals surface area contributed by atoms with Crippen LogP contribution in [0.25, 0.3) is 0 Å². The summed E-state index contributed by atoms with van der Waals surface area (Å²) in [5.74, 6) is 1.03. The van der Waals surface area contributed by atoms with Crippen molar-refractivity contribution >= 4 is 0 Å². The summed E-state index contributed by atoms with van der Waals surface area (Å²) in [5, 5.41) is 3.72. The zero-order valence-corrected chi connectivity index (χ0v) is 12.9. The van der Waals surface area contributed by atoms with Gasteiger partial charge < -0.3 is 10.1 Å². The van der Waals surface area contributed by atoms with Crippen LogP contribution < -0.4 is 10.1 Å². The van der Waals surface area contributed by atoms with Gasteiger partial charge >= 0.3 is 0 Å². The highest BCUT2D eigenvalue weighted by atomic mass is 16.5. The van der Waals surface area contributed by atoms with Crippen LogP contribution in [-0.2, 0) is 0 Å². The number of benzene rings is 1. The lowest BCUT2D eigenvalue weighted by Gasteiger charge is -2.16. The molecule has 0 bridgehead atoms. The summed E-state index contributed by atoms with van der Waals surface area (Å²) in [6, 6.07) is 9.02. The first-order valence-corrected chi connectivity index (χ1v) is 8.28. The van der Waals surface area contributed by atoms with E-state index in [1.54, 1.807) is 0 Å². The zero-order chi connectivity index (χ0) is 14.0. The molecular weight excluding hydrogens is 246 g/mol. The van der Waals surface area contributed by atoms with Crippen LogP contribution in [0.15, 0.2) is 24.3 Å². The van der Waals surface area contributed by atoms with Crippen LogP contribution in [0.2, 0.25) is 0 Å². The van der Waals surface area contributed by atoms with Crippen molar-refractivity contribution in [1.29, 1.82) is 0 Å². The van der Waals surface area contributed by atoms with Crippen molar-refractivity contribution in [3.63, 3.8) is 0 Å². The quantitative estimate of drug-likeness (QED) is 0.585. The van der Waals surface area contributed by atoms with Gasteiger partial charge in [0.1, 0.15) is 5.75 Å². The molecule has 1 N–H and O–H groups in total. The third kappa shape index (κ3) is 5.54. The van der Waals surface area contributed by atoms with Gasteiger partial charge in [0.15, 0.2) is 0 Å². The molecule has 1 fully saturated rings. The van der Waals surface area contributed by atoms with E-state index in [0.29, 0.717) is 0 Å². The number of unbranched alkanes of at least 4 members (excludes halogenated alkanes) is 1. The second-order valence-electron chi connectivity index (χ2n) is 5.96. The standard InChI is InChI=1S/C18H29NO/c1-16-10-6-7-13-18(16)20-15-9-8-14-19-17-11-4-2-3-5-12-17/h6-7,10,13,17,19H,2-5,8-9,11-12,14-15H2,1H3. The van der Waals surface area contributed by atoms with E-state index < -0.39 is 0 Å². The monoisotopic (exact) mass is 275 g/mol. The van der Waals surface area contributed by atoms with E-state index >= 15 is 0 Å². The van der Waals surface area contributed by atoms with Gasteiger partial charge in [-0.25, -0.2) is 0 Å². The molecule has 1 aliphatic rings. The van der Waals surface area contributed by atoms with E-state index in [9.17, 15) is 0 Å². The van der Waals surface area contributed by atoms with E-state index in [-0.39, 0.29) is 0 Å². The summed E-state index contributed by atoms with van der Waals surface area (Å²) >= 11 is 0. The molecule has 2 nitrogen and oxygen atoms in total. The Balaban J connectivity index is 1.52. The van der Waals surface area contributed by atoms with Crippen LogP contribution in [0.1, 0.15) is 56.9 Å². The van der Waals surface area contributed by atoms with Crippen LogP contribution in [0.5, 0.6) is 5.75 Å². The Kier molecular flexibility index (Phi) is 6.93. The van der Waals surface area contributed by atoms with Crippen LogP contribution in [0.3, 0.4) is 0 Å². The Morgan fingerprint density at radius 1 is 1.05 bits per heavy atom. The maximum atomic E-state index is 5.82. The molecule has 1 aromatic carbocycles. The summed E-state index contributed by atoms with van der Waals surface area (Å²) in [5.41, 5.74) is 1.23. The summed E-state index contributed by atoms with van der Waals surface area (Å²) in [4.78, 5) is 0. The van der Waals surface area contributed by atoms with Crippen LogP contribution >= 0.6 is 0 Å². The SMILES string of the molecule is Cc1ccccc1OCCCCNC1CCCCCC1. The van der Waals surface area contributed by atoms with Crippen LogP contribution in [0, 0.1) is 6.92 Å². The fraction of sp³-hybridized carbons (Fsp3) is 0.667. The largest absolute Gasteiger partial charge is 0.493 e. The highest BCUT2D eigenvalue weighted by Crippen LogP contribution is 2.18. The summed E-state index contributed by atoms with van der Waals surface area (Å²) in [6.07, 6.45) is 10.8. The van der Waals surface area contributed by atoms with E-state index in [0.717, 1.165) is 31.4 Å². The molecule has 112 valence electrons.